The molecule has 1 aliphatic heterocycles. The highest BCUT2D eigenvalue weighted by molar-refractivity contribution is 9.10. The normalized spacial score (nSPS) is 18.9. The molecule has 0 fully saturated rings. The average Bonchev–Trinajstić information content (AvgIpc) is 2.75. The molecule has 0 unspecified atom stereocenters. The van der Waals surface area contributed by atoms with E-state index >= 15 is 0 Å². The minimum Gasteiger partial charge on any atom is -0.508 e. The van der Waals surface area contributed by atoms with Gasteiger partial charge in [0.05, 0.1) is 7.11 Å². The van der Waals surface area contributed by atoms with E-state index < -0.39 is 0 Å². The van der Waals surface area contributed by atoms with Crippen LogP contribution in [0.2, 0.25) is 0 Å². The number of nitrogens with one attached hydrogen (secondary N) is 1. The number of hydrogen-bond donors (Lipinski definition) is 2. The van der Waals surface area contributed by atoms with Gasteiger partial charge in [0.1, 0.15) is 17.7 Å². The molecule has 2 atom stereocenters. The molecule has 148 valence electrons. The van der Waals surface area contributed by atoms with Crippen LogP contribution in [0.25, 0.3) is 0 Å². The number of hydrogen-bond acceptors (Lipinski definition) is 4. The van der Waals surface area contributed by atoms with E-state index in [0.717, 1.165) is 32.6 Å². The van der Waals surface area contributed by atoms with E-state index in [1.54, 1.807) is 13.2 Å². The Labute approximate surface area is 179 Å². The highest BCUT2D eigenvalue weighted by atomic mass is 79.9. The molecule has 1 heterocycles. The first kappa shape index (κ1) is 19.7. The number of ether oxygens (including phenoxy) is 1. The second-order valence-corrected chi connectivity index (χ2v) is 8.16. The van der Waals surface area contributed by atoms with Crippen molar-refractivity contribution in [1.29, 1.82) is 0 Å². The quantitative estimate of drug-likeness (QED) is 0.536. The summed E-state index contributed by atoms with van der Waals surface area (Å²) in [5, 5.41) is 14.1. The van der Waals surface area contributed by atoms with E-state index in [4.69, 9.17) is 9.73 Å². The zero-order valence-corrected chi connectivity index (χ0v) is 18.0. The molecule has 4 rings (SSSR count). The van der Waals surface area contributed by atoms with Crippen molar-refractivity contribution in [1.82, 2.24) is 5.32 Å². The summed E-state index contributed by atoms with van der Waals surface area (Å²) in [5.74, 6) is 1.08. The molecule has 0 amide bonds. The molecule has 0 saturated carbocycles. The Morgan fingerprint density at radius 1 is 1.07 bits per heavy atom. The van der Waals surface area contributed by atoms with Gasteiger partial charge in [0.2, 0.25) is 0 Å². The topological polar surface area (TPSA) is 53.8 Å². The highest BCUT2D eigenvalue weighted by Crippen LogP contribution is 2.36. The zero-order valence-electron chi connectivity index (χ0n) is 16.4. The summed E-state index contributed by atoms with van der Waals surface area (Å²) < 4.78 is 6.33. The Bertz CT molecular complexity index is 1050. The molecule has 0 aromatic heterocycles. The van der Waals surface area contributed by atoms with Crippen LogP contribution in [0.1, 0.15) is 40.9 Å². The summed E-state index contributed by atoms with van der Waals surface area (Å²) in [4.78, 5) is 5.01. The minimum absolute atomic E-state index is 0.0718. The molecule has 0 radical (unpaired) electrons. The van der Waals surface area contributed by atoms with Crippen LogP contribution in [0.4, 0.5) is 0 Å². The standard InChI is InChI=1S/C24H23BrN2O2/c1-15-6-8-16(9-7-15)24-26-21(17-4-3-5-19(12-17)29-2)14-22(27-24)20-13-18(25)10-11-23(20)28/h3-13,22,24,27-28H,14H2,1-2H3/t22-,24-/m1/s1. The Morgan fingerprint density at radius 2 is 1.86 bits per heavy atom. The van der Waals surface area contributed by atoms with Crippen molar-refractivity contribution in [3.63, 3.8) is 0 Å². The maximum Gasteiger partial charge on any atom is 0.126 e. The van der Waals surface area contributed by atoms with Gasteiger partial charge in [-0.05, 0) is 48.4 Å². The van der Waals surface area contributed by atoms with Gasteiger partial charge < -0.3 is 9.84 Å². The van der Waals surface area contributed by atoms with Crippen molar-refractivity contribution in [2.45, 2.75) is 25.6 Å². The number of methoxy groups -OCH3 is 1. The molecule has 1 aliphatic rings. The largest absolute Gasteiger partial charge is 0.508 e. The van der Waals surface area contributed by atoms with Crippen LogP contribution >= 0.6 is 15.9 Å². The first-order chi connectivity index (χ1) is 14.0. The summed E-state index contributed by atoms with van der Waals surface area (Å²) in [6.07, 6.45) is 0.466. The van der Waals surface area contributed by atoms with E-state index in [1.807, 2.05) is 30.3 Å². The number of aryl methyl sites for hydroxylation is 1. The molecule has 3 aromatic carbocycles. The van der Waals surface area contributed by atoms with E-state index in [9.17, 15) is 5.11 Å². The molecule has 3 aromatic rings. The number of nitrogens with zero attached hydrogens (tertiary/aromatic N) is 1. The fourth-order valence-corrected chi connectivity index (χ4v) is 3.99. The summed E-state index contributed by atoms with van der Waals surface area (Å²) in [5.41, 5.74) is 5.17. The summed E-state index contributed by atoms with van der Waals surface area (Å²) in [6, 6.07) is 21.8. The van der Waals surface area contributed by atoms with Gasteiger partial charge in [0.25, 0.3) is 0 Å². The minimum atomic E-state index is -0.200. The predicted molar refractivity (Wildman–Crippen MR) is 120 cm³/mol. The molecule has 2 N–H and O–H groups in total. The van der Waals surface area contributed by atoms with Gasteiger partial charge >= 0.3 is 0 Å². The van der Waals surface area contributed by atoms with Crippen molar-refractivity contribution in [3.8, 4) is 11.5 Å². The number of halogens is 1. The van der Waals surface area contributed by atoms with Gasteiger partial charge in [-0.2, -0.15) is 0 Å². The van der Waals surface area contributed by atoms with Crippen molar-refractivity contribution in [3.05, 3.63) is 93.5 Å². The molecule has 5 heteroatoms. The predicted octanol–water partition coefficient (Wildman–Crippen LogP) is 5.69. The third-order valence-corrected chi connectivity index (χ3v) is 5.70. The Kier molecular flexibility index (Phi) is 5.69. The monoisotopic (exact) mass is 450 g/mol. The molecule has 0 bridgehead atoms. The van der Waals surface area contributed by atoms with Crippen LogP contribution in [0, 0.1) is 6.92 Å². The molecule has 29 heavy (non-hydrogen) atoms. The number of phenolic OH excluding ortho intramolecular Hbond substituents is 1. The van der Waals surface area contributed by atoms with Crippen LogP contribution in [-0.4, -0.2) is 17.9 Å². The van der Waals surface area contributed by atoms with Gasteiger partial charge in [0, 0.05) is 28.2 Å². The van der Waals surface area contributed by atoms with Gasteiger partial charge in [-0.1, -0.05) is 57.9 Å². The number of phenols is 1. The first-order valence-corrected chi connectivity index (χ1v) is 10.3. The lowest BCUT2D eigenvalue weighted by Crippen LogP contribution is -2.33. The third kappa shape index (κ3) is 4.36. The Morgan fingerprint density at radius 3 is 2.62 bits per heavy atom. The van der Waals surface area contributed by atoms with Crippen LogP contribution in [-0.2, 0) is 0 Å². The highest BCUT2D eigenvalue weighted by Gasteiger charge is 2.28. The molecular weight excluding hydrogens is 428 g/mol. The molecule has 0 spiro atoms. The second-order valence-electron chi connectivity index (χ2n) is 7.25. The first-order valence-electron chi connectivity index (χ1n) is 9.55. The van der Waals surface area contributed by atoms with Gasteiger partial charge in [-0.25, -0.2) is 0 Å². The van der Waals surface area contributed by atoms with Crippen molar-refractivity contribution in [2.75, 3.05) is 7.11 Å². The molecule has 4 nitrogen and oxygen atoms in total. The fourth-order valence-electron chi connectivity index (χ4n) is 3.61. The Balaban J connectivity index is 1.77. The number of rotatable bonds is 4. The smallest absolute Gasteiger partial charge is 0.126 e. The van der Waals surface area contributed by atoms with E-state index in [0.29, 0.717) is 6.42 Å². The summed E-state index contributed by atoms with van der Waals surface area (Å²) >= 11 is 3.52. The molecule has 0 aliphatic carbocycles. The summed E-state index contributed by atoms with van der Waals surface area (Å²) in [7, 11) is 1.67. The third-order valence-electron chi connectivity index (χ3n) is 5.20. The van der Waals surface area contributed by atoms with Crippen molar-refractivity contribution >= 4 is 21.6 Å². The SMILES string of the molecule is COc1cccc(C2=N[C@@H](c3ccc(C)cc3)N[C@@H](c3cc(Br)ccc3O)C2)c1. The van der Waals surface area contributed by atoms with Crippen LogP contribution in [0.5, 0.6) is 11.5 Å². The maximum absolute atomic E-state index is 10.5. The van der Waals surface area contributed by atoms with E-state index in [1.165, 1.54) is 5.56 Å². The summed E-state index contributed by atoms with van der Waals surface area (Å²) in [6.45, 7) is 2.07. The van der Waals surface area contributed by atoms with E-state index in [-0.39, 0.29) is 18.0 Å². The van der Waals surface area contributed by atoms with Gasteiger partial charge in [-0.3, -0.25) is 10.3 Å². The lowest BCUT2D eigenvalue weighted by molar-refractivity contribution is 0.410. The maximum atomic E-state index is 10.5. The average molecular weight is 451 g/mol. The molecule has 0 saturated heterocycles. The fraction of sp³-hybridized carbons (Fsp3) is 0.208. The second kappa shape index (κ2) is 8.39. The van der Waals surface area contributed by atoms with Crippen molar-refractivity contribution in [2.24, 2.45) is 4.99 Å². The van der Waals surface area contributed by atoms with Crippen LogP contribution in [0.3, 0.4) is 0 Å². The van der Waals surface area contributed by atoms with E-state index in [2.05, 4.69) is 58.5 Å². The van der Waals surface area contributed by atoms with Gasteiger partial charge in [-0.15, -0.1) is 0 Å². The van der Waals surface area contributed by atoms with Gasteiger partial charge in [0.15, 0.2) is 0 Å². The van der Waals surface area contributed by atoms with Crippen LogP contribution in [0.15, 0.2) is 76.2 Å². The zero-order chi connectivity index (χ0) is 20.4. The van der Waals surface area contributed by atoms with Crippen LogP contribution < -0.4 is 10.1 Å². The Hall–Kier alpha value is -2.63. The number of aliphatic imine (C=N–C) groups is 1. The lowest BCUT2D eigenvalue weighted by Gasteiger charge is -2.31. The molecular formula is C24H23BrN2O2. The van der Waals surface area contributed by atoms with Crippen molar-refractivity contribution < 1.29 is 9.84 Å². The number of aromatic hydroxyl groups is 1. The lowest BCUT2D eigenvalue weighted by atomic mass is 9.93. The number of benzene rings is 3.